The van der Waals surface area contributed by atoms with Gasteiger partial charge in [0, 0.05) is 13.7 Å². The van der Waals surface area contributed by atoms with E-state index in [1.54, 1.807) is 12.0 Å². The fourth-order valence-corrected chi connectivity index (χ4v) is 2.05. The Morgan fingerprint density at radius 2 is 2.25 bits per heavy atom. The van der Waals surface area contributed by atoms with Crippen molar-refractivity contribution in [2.24, 2.45) is 5.73 Å². The second kappa shape index (κ2) is 5.61. The third-order valence-corrected chi connectivity index (χ3v) is 2.95. The predicted molar refractivity (Wildman–Crippen MR) is 60.9 cm³/mol. The number of rotatable bonds is 6. The fourth-order valence-electron chi connectivity index (χ4n) is 2.05. The number of β-amino-alcohol motifs (C(OH)–C–C–N with tert-alkyl or cyclic N) is 1. The van der Waals surface area contributed by atoms with Gasteiger partial charge >= 0.3 is 0 Å². The number of nitrogens with zero attached hydrogens (tertiary/aromatic N) is 1. The summed E-state index contributed by atoms with van der Waals surface area (Å²) < 4.78 is 4.87. The number of nitrogens with two attached hydrogens (primary N) is 1. The molecule has 0 aromatic rings. The van der Waals surface area contributed by atoms with Gasteiger partial charge in [0.1, 0.15) is 0 Å². The number of ether oxygens (including phenoxy) is 1. The van der Waals surface area contributed by atoms with E-state index in [0.717, 1.165) is 12.8 Å². The molecule has 1 atom stereocenters. The zero-order valence-electron chi connectivity index (χ0n) is 10.1. The Labute approximate surface area is 96.6 Å². The summed E-state index contributed by atoms with van der Waals surface area (Å²) in [5.74, 6) is -0.0853. The minimum atomic E-state index is -0.675. The second-order valence-corrected chi connectivity index (χ2v) is 4.56. The van der Waals surface area contributed by atoms with Gasteiger partial charge in [-0.2, -0.15) is 0 Å². The van der Waals surface area contributed by atoms with Gasteiger partial charge in [-0.15, -0.1) is 0 Å². The van der Waals surface area contributed by atoms with E-state index in [4.69, 9.17) is 10.5 Å². The highest BCUT2D eigenvalue weighted by atomic mass is 16.5. The molecule has 0 radical (unpaired) electrons. The molecular formula is C11H22N2O3. The van der Waals surface area contributed by atoms with E-state index in [-0.39, 0.29) is 5.91 Å². The van der Waals surface area contributed by atoms with Crippen LogP contribution in [0.2, 0.25) is 0 Å². The van der Waals surface area contributed by atoms with Crippen molar-refractivity contribution in [3.8, 4) is 0 Å². The van der Waals surface area contributed by atoms with E-state index in [9.17, 15) is 9.90 Å². The monoisotopic (exact) mass is 230 g/mol. The molecule has 1 aliphatic heterocycles. The lowest BCUT2D eigenvalue weighted by molar-refractivity contribution is -0.158. The van der Waals surface area contributed by atoms with Crippen LogP contribution < -0.4 is 5.73 Å². The number of methoxy groups -OCH3 is 1. The maximum absolute atomic E-state index is 11.8. The first kappa shape index (κ1) is 13.4. The molecule has 1 saturated heterocycles. The Bertz CT molecular complexity index is 239. The molecule has 3 N–H and O–H groups in total. The van der Waals surface area contributed by atoms with Crippen molar-refractivity contribution in [1.29, 1.82) is 0 Å². The highest BCUT2D eigenvalue weighted by molar-refractivity contribution is 5.82. The molecule has 1 unspecified atom stereocenters. The van der Waals surface area contributed by atoms with Crippen LogP contribution in [0.15, 0.2) is 0 Å². The topological polar surface area (TPSA) is 75.8 Å². The van der Waals surface area contributed by atoms with E-state index < -0.39 is 11.6 Å². The zero-order valence-corrected chi connectivity index (χ0v) is 10.1. The summed E-state index contributed by atoms with van der Waals surface area (Å²) in [6, 6.07) is -0.508. The van der Waals surface area contributed by atoms with E-state index in [1.807, 2.05) is 6.92 Å². The SMILES string of the molecule is CCCC1(O)CN(C(=O)C(N)CCOC)C1. The quantitative estimate of drug-likeness (QED) is 0.658. The molecule has 16 heavy (non-hydrogen) atoms. The van der Waals surface area contributed by atoms with E-state index >= 15 is 0 Å². The first-order valence-electron chi connectivity index (χ1n) is 5.78. The van der Waals surface area contributed by atoms with Crippen molar-refractivity contribution < 1.29 is 14.6 Å². The van der Waals surface area contributed by atoms with Gasteiger partial charge in [-0.3, -0.25) is 4.79 Å². The zero-order chi connectivity index (χ0) is 12.2. The molecule has 1 amide bonds. The number of hydrogen-bond acceptors (Lipinski definition) is 4. The minimum Gasteiger partial charge on any atom is -0.386 e. The fraction of sp³-hybridized carbons (Fsp3) is 0.909. The molecule has 1 aliphatic rings. The third-order valence-electron chi connectivity index (χ3n) is 2.95. The van der Waals surface area contributed by atoms with E-state index in [0.29, 0.717) is 26.1 Å². The largest absolute Gasteiger partial charge is 0.386 e. The van der Waals surface area contributed by atoms with Gasteiger partial charge in [0.2, 0.25) is 5.91 Å². The Balaban J connectivity index is 2.30. The van der Waals surface area contributed by atoms with Gasteiger partial charge in [0.05, 0.1) is 24.7 Å². The highest BCUT2D eigenvalue weighted by Gasteiger charge is 2.43. The average molecular weight is 230 g/mol. The highest BCUT2D eigenvalue weighted by Crippen LogP contribution is 2.26. The molecule has 5 heteroatoms. The summed E-state index contributed by atoms with van der Waals surface area (Å²) >= 11 is 0. The van der Waals surface area contributed by atoms with Gasteiger partial charge in [0.25, 0.3) is 0 Å². The smallest absolute Gasteiger partial charge is 0.239 e. The van der Waals surface area contributed by atoms with Crippen LogP contribution in [-0.4, -0.2) is 54.4 Å². The minimum absolute atomic E-state index is 0.0853. The van der Waals surface area contributed by atoms with E-state index in [1.165, 1.54) is 0 Å². The lowest BCUT2D eigenvalue weighted by Crippen LogP contribution is -2.65. The number of amides is 1. The molecule has 94 valence electrons. The summed E-state index contributed by atoms with van der Waals surface area (Å²) in [6.45, 7) is 3.34. The molecule has 0 aromatic carbocycles. The number of likely N-dealkylation sites (tertiary alicyclic amines) is 1. The maximum Gasteiger partial charge on any atom is 0.239 e. The molecule has 0 saturated carbocycles. The van der Waals surface area contributed by atoms with Crippen LogP contribution in [0.4, 0.5) is 0 Å². The lowest BCUT2D eigenvalue weighted by atomic mass is 9.88. The molecule has 5 nitrogen and oxygen atoms in total. The van der Waals surface area contributed by atoms with Gasteiger partial charge in [-0.25, -0.2) is 0 Å². The molecule has 0 bridgehead atoms. The van der Waals surface area contributed by atoms with Crippen molar-refractivity contribution in [3.63, 3.8) is 0 Å². The number of hydrogen-bond donors (Lipinski definition) is 2. The number of carbonyl (C=O) groups excluding carboxylic acids is 1. The summed E-state index contributed by atoms with van der Waals surface area (Å²) in [6.07, 6.45) is 2.19. The van der Waals surface area contributed by atoms with Gasteiger partial charge in [0.15, 0.2) is 0 Å². The molecule has 1 rings (SSSR count). The Hall–Kier alpha value is -0.650. The summed E-state index contributed by atoms with van der Waals surface area (Å²) in [5, 5.41) is 9.93. The van der Waals surface area contributed by atoms with Crippen LogP contribution in [0.3, 0.4) is 0 Å². The van der Waals surface area contributed by atoms with Gasteiger partial charge in [-0.1, -0.05) is 13.3 Å². The average Bonchev–Trinajstić information content (AvgIpc) is 2.21. The number of carbonyl (C=O) groups is 1. The van der Waals surface area contributed by atoms with Crippen molar-refractivity contribution in [3.05, 3.63) is 0 Å². The van der Waals surface area contributed by atoms with Crippen molar-refractivity contribution in [2.45, 2.75) is 37.8 Å². The molecule has 1 heterocycles. The van der Waals surface area contributed by atoms with Crippen LogP contribution in [0.25, 0.3) is 0 Å². The van der Waals surface area contributed by atoms with Crippen molar-refractivity contribution in [1.82, 2.24) is 4.90 Å². The molecular weight excluding hydrogens is 208 g/mol. The Kier molecular flexibility index (Phi) is 4.70. The summed E-state index contributed by atoms with van der Waals surface area (Å²) in [7, 11) is 1.58. The summed E-state index contributed by atoms with van der Waals surface area (Å²) in [4.78, 5) is 13.4. The normalized spacial score (nSPS) is 20.4. The molecule has 0 aromatic heterocycles. The second-order valence-electron chi connectivity index (χ2n) is 4.56. The van der Waals surface area contributed by atoms with Crippen LogP contribution in [-0.2, 0) is 9.53 Å². The van der Waals surface area contributed by atoms with Crippen molar-refractivity contribution in [2.75, 3.05) is 26.8 Å². The summed E-state index contributed by atoms with van der Waals surface area (Å²) in [5.41, 5.74) is 5.05. The van der Waals surface area contributed by atoms with Crippen LogP contribution >= 0.6 is 0 Å². The Morgan fingerprint density at radius 1 is 1.62 bits per heavy atom. The van der Waals surface area contributed by atoms with Crippen molar-refractivity contribution >= 4 is 5.91 Å². The van der Waals surface area contributed by atoms with Gasteiger partial charge in [-0.05, 0) is 12.8 Å². The maximum atomic E-state index is 11.8. The molecule has 0 spiro atoms. The third kappa shape index (κ3) is 3.17. The molecule has 0 aliphatic carbocycles. The Morgan fingerprint density at radius 3 is 2.75 bits per heavy atom. The predicted octanol–water partition coefficient (Wildman–Crippen LogP) is -0.276. The van der Waals surface area contributed by atoms with Crippen LogP contribution in [0.1, 0.15) is 26.2 Å². The van der Waals surface area contributed by atoms with Crippen LogP contribution in [0.5, 0.6) is 0 Å². The van der Waals surface area contributed by atoms with E-state index in [2.05, 4.69) is 0 Å². The molecule has 1 fully saturated rings. The first-order valence-corrected chi connectivity index (χ1v) is 5.78. The number of aliphatic hydroxyl groups is 1. The standard InChI is InChI=1S/C11H22N2O3/c1-3-5-11(15)7-13(8-11)10(14)9(12)4-6-16-2/h9,15H,3-8,12H2,1-2H3. The van der Waals surface area contributed by atoms with Gasteiger partial charge < -0.3 is 20.5 Å². The van der Waals surface area contributed by atoms with Crippen LogP contribution in [0, 0.1) is 0 Å². The lowest BCUT2D eigenvalue weighted by Gasteiger charge is -2.47. The first-order chi connectivity index (χ1) is 7.52.